The van der Waals surface area contributed by atoms with Gasteiger partial charge in [0.25, 0.3) is 5.91 Å². The van der Waals surface area contributed by atoms with Gasteiger partial charge in [0.2, 0.25) is 5.95 Å². The van der Waals surface area contributed by atoms with E-state index in [1.807, 2.05) is 38.1 Å². The molecule has 2 aromatic heterocycles. The molecule has 1 spiro atoms. The average Bonchev–Trinajstić information content (AvgIpc) is 3.37. The first-order valence-corrected chi connectivity index (χ1v) is 14.4. The summed E-state index contributed by atoms with van der Waals surface area (Å²) in [5.41, 5.74) is 5.62. The summed E-state index contributed by atoms with van der Waals surface area (Å²) < 4.78 is 7.81. The molecule has 1 aromatic carbocycles. The molecule has 9 nitrogen and oxygen atoms in total. The standard InChI is InChI=1S/C31H37N7O2/c1-4-40-27-15-26(35-17-24(27)16-32)21(2)38-20-31(7-5-8-31)28-23(19-36-10-6-11-36)13-22(14-25(28)29(38)39)18-37-12-9-34-30(37)33-3/h9,12-15,17,21H,4-8,10-11,18-20H2,1-3H3,(H,33,34). The number of anilines is 1. The molecular weight excluding hydrogens is 502 g/mol. The van der Waals surface area contributed by atoms with Gasteiger partial charge in [-0.3, -0.25) is 14.7 Å². The van der Waals surface area contributed by atoms with Crippen LogP contribution in [0.5, 0.6) is 5.75 Å². The number of benzene rings is 1. The predicted octanol–water partition coefficient (Wildman–Crippen LogP) is 4.48. The van der Waals surface area contributed by atoms with Crippen molar-refractivity contribution in [3.05, 3.63) is 70.3 Å². The van der Waals surface area contributed by atoms with E-state index < -0.39 is 0 Å². The minimum absolute atomic E-state index is 0.0310. The molecule has 1 saturated heterocycles. The van der Waals surface area contributed by atoms with E-state index in [-0.39, 0.29) is 17.4 Å². The quantitative estimate of drug-likeness (QED) is 0.428. The summed E-state index contributed by atoms with van der Waals surface area (Å²) in [5.74, 6) is 1.37. The number of hydrogen-bond acceptors (Lipinski definition) is 7. The highest BCUT2D eigenvalue weighted by atomic mass is 16.5. The van der Waals surface area contributed by atoms with E-state index in [0.29, 0.717) is 31.0 Å². The number of aromatic nitrogens is 3. The van der Waals surface area contributed by atoms with Gasteiger partial charge in [-0.25, -0.2) is 4.98 Å². The predicted molar refractivity (Wildman–Crippen MR) is 152 cm³/mol. The van der Waals surface area contributed by atoms with Crippen LogP contribution >= 0.6 is 0 Å². The fourth-order valence-electron chi connectivity index (χ4n) is 6.58. The van der Waals surface area contributed by atoms with Crippen molar-refractivity contribution in [2.75, 3.05) is 38.6 Å². The highest BCUT2D eigenvalue weighted by molar-refractivity contribution is 5.98. The Morgan fingerprint density at radius 2 is 2.00 bits per heavy atom. The summed E-state index contributed by atoms with van der Waals surface area (Å²) in [6, 6.07) is 8.19. The Bertz CT molecular complexity index is 1460. The number of rotatable bonds is 9. The number of pyridine rings is 1. The first-order chi connectivity index (χ1) is 19.5. The molecule has 1 saturated carbocycles. The van der Waals surface area contributed by atoms with Crippen molar-refractivity contribution in [2.24, 2.45) is 0 Å². The Labute approximate surface area is 235 Å². The highest BCUT2D eigenvalue weighted by Gasteiger charge is 2.49. The summed E-state index contributed by atoms with van der Waals surface area (Å²) in [6.45, 7) is 8.83. The SMILES string of the molecule is CCOc1cc(C(C)N2CC3(CCC3)c3c(CN4CCC4)cc(Cn4ccnc4NC)cc3C2=O)ncc1C#N. The Balaban J connectivity index is 1.41. The molecular formula is C31H37N7O2. The number of carbonyl (C=O) groups is 1. The Kier molecular flexibility index (Phi) is 6.97. The third kappa shape index (κ3) is 4.50. The summed E-state index contributed by atoms with van der Waals surface area (Å²) >= 11 is 0. The van der Waals surface area contributed by atoms with Crippen molar-refractivity contribution < 1.29 is 9.53 Å². The van der Waals surface area contributed by atoms with Gasteiger partial charge < -0.3 is 19.5 Å². The molecule has 1 unspecified atom stereocenters. The second-order valence-corrected chi connectivity index (χ2v) is 11.3. The molecule has 3 aromatic rings. The third-order valence-electron chi connectivity index (χ3n) is 8.92. The van der Waals surface area contributed by atoms with Crippen LogP contribution in [-0.4, -0.2) is 63.5 Å². The minimum Gasteiger partial charge on any atom is -0.492 e. The fraction of sp³-hybridized carbons (Fsp3) is 0.484. The zero-order chi connectivity index (χ0) is 27.9. The molecule has 2 fully saturated rings. The number of hydrogen-bond donors (Lipinski definition) is 1. The van der Waals surface area contributed by atoms with E-state index in [2.05, 4.69) is 43.0 Å². The number of amides is 1. The molecule has 6 rings (SSSR count). The summed E-state index contributed by atoms with van der Waals surface area (Å²) in [6.07, 6.45) is 9.90. The monoisotopic (exact) mass is 539 g/mol. The van der Waals surface area contributed by atoms with Gasteiger partial charge in [-0.1, -0.05) is 12.5 Å². The summed E-state index contributed by atoms with van der Waals surface area (Å²) in [7, 11) is 1.87. The Morgan fingerprint density at radius 3 is 2.65 bits per heavy atom. The van der Waals surface area contributed by atoms with Crippen LogP contribution in [0.3, 0.4) is 0 Å². The van der Waals surface area contributed by atoms with Gasteiger partial charge in [0.15, 0.2) is 0 Å². The van der Waals surface area contributed by atoms with Crippen LogP contribution in [0.15, 0.2) is 36.8 Å². The molecule has 1 atom stereocenters. The molecule has 1 aliphatic carbocycles. The van der Waals surface area contributed by atoms with Gasteiger partial charge in [-0.2, -0.15) is 5.26 Å². The molecule has 0 radical (unpaired) electrons. The van der Waals surface area contributed by atoms with E-state index in [1.54, 1.807) is 12.4 Å². The second kappa shape index (κ2) is 10.6. The number of nitriles is 1. The van der Waals surface area contributed by atoms with E-state index in [9.17, 15) is 10.1 Å². The number of carbonyl (C=O) groups excluding carboxylic acids is 1. The lowest BCUT2D eigenvalue weighted by Crippen LogP contribution is -2.54. The first-order valence-electron chi connectivity index (χ1n) is 14.4. The van der Waals surface area contributed by atoms with Crippen molar-refractivity contribution in [1.82, 2.24) is 24.3 Å². The highest BCUT2D eigenvalue weighted by Crippen LogP contribution is 2.51. The maximum absolute atomic E-state index is 14.4. The average molecular weight is 540 g/mol. The van der Waals surface area contributed by atoms with Gasteiger partial charge in [-0.05, 0) is 69.0 Å². The number of ether oxygens (including phenoxy) is 1. The normalized spacial score (nSPS) is 18.4. The van der Waals surface area contributed by atoms with E-state index >= 15 is 0 Å². The van der Waals surface area contributed by atoms with Gasteiger partial charge in [-0.15, -0.1) is 0 Å². The van der Waals surface area contributed by atoms with E-state index in [1.165, 1.54) is 24.0 Å². The lowest BCUT2D eigenvalue weighted by atomic mass is 9.60. The minimum atomic E-state index is -0.253. The maximum atomic E-state index is 14.4. The molecule has 1 N–H and O–H groups in total. The largest absolute Gasteiger partial charge is 0.492 e. The Morgan fingerprint density at radius 1 is 1.18 bits per heavy atom. The summed E-state index contributed by atoms with van der Waals surface area (Å²) in [5, 5.41) is 12.7. The molecule has 9 heteroatoms. The van der Waals surface area contributed by atoms with Crippen LogP contribution in [0.25, 0.3) is 0 Å². The molecule has 2 aliphatic heterocycles. The number of likely N-dealkylation sites (tertiary alicyclic amines) is 1. The van der Waals surface area contributed by atoms with Crippen LogP contribution in [-0.2, 0) is 18.5 Å². The van der Waals surface area contributed by atoms with Crippen LogP contribution in [0, 0.1) is 11.3 Å². The number of fused-ring (bicyclic) bond motifs is 2. The van der Waals surface area contributed by atoms with E-state index in [0.717, 1.165) is 55.2 Å². The zero-order valence-electron chi connectivity index (χ0n) is 23.6. The maximum Gasteiger partial charge on any atom is 0.254 e. The van der Waals surface area contributed by atoms with E-state index in [4.69, 9.17) is 4.74 Å². The van der Waals surface area contributed by atoms with Crippen molar-refractivity contribution in [3.8, 4) is 11.8 Å². The van der Waals surface area contributed by atoms with Crippen molar-refractivity contribution in [1.29, 1.82) is 5.26 Å². The molecule has 0 bridgehead atoms. The van der Waals surface area contributed by atoms with Crippen LogP contribution in [0.4, 0.5) is 5.95 Å². The Hall–Kier alpha value is -3.90. The zero-order valence-corrected chi connectivity index (χ0v) is 23.6. The smallest absolute Gasteiger partial charge is 0.254 e. The van der Waals surface area contributed by atoms with Gasteiger partial charge >= 0.3 is 0 Å². The van der Waals surface area contributed by atoms with Crippen molar-refractivity contribution >= 4 is 11.9 Å². The molecule has 1 amide bonds. The van der Waals surface area contributed by atoms with Gasteiger partial charge in [0, 0.05) is 55.8 Å². The fourth-order valence-corrected chi connectivity index (χ4v) is 6.58. The second-order valence-electron chi connectivity index (χ2n) is 11.3. The topological polar surface area (TPSA) is 99.3 Å². The van der Waals surface area contributed by atoms with Gasteiger partial charge in [0.05, 0.1) is 24.9 Å². The van der Waals surface area contributed by atoms with Crippen LogP contribution in [0.1, 0.15) is 83.9 Å². The lowest BCUT2D eigenvalue weighted by Gasteiger charge is -2.52. The molecule has 208 valence electrons. The van der Waals surface area contributed by atoms with Crippen LogP contribution in [0.2, 0.25) is 0 Å². The third-order valence-corrected chi connectivity index (χ3v) is 8.92. The van der Waals surface area contributed by atoms with Crippen molar-refractivity contribution in [2.45, 2.75) is 64.1 Å². The van der Waals surface area contributed by atoms with Crippen LogP contribution < -0.4 is 10.1 Å². The number of nitrogens with zero attached hydrogens (tertiary/aromatic N) is 6. The lowest BCUT2D eigenvalue weighted by molar-refractivity contribution is 0.0480. The molecule has 4 heterocycles. The molecule has 3 aliphatic rings. The van der Waals surface area contributed by atoms with Gasteiger partial charge in [0.1, 0.15) is 17.4 Å². The molecule has 40 heavy (non-hydrogen) atoms. The first kappa shape index (κ1) is 26.3. The summed E-state index contributed by atoms with van der Waals surface area (Å²) in [4.78, 5) is 27.8. The van der Waals surface area contributed by atoms with Crippen molar-refractivity contribution in [3.63, 3.8) is 0 Å². The number of imidazole rings is 1. The number of nitrogens with one attached hydrogen (secondary N) is 1.